The van der Waals surface area contributed by atoms with Crippen molar-refractivity contribution in [3.8, 4) is 0 Å². The van der Waals surface area contributed by atoms with Crippen LogP contribution < -0.4 is 0 Å². The van der Waals surface area contributed by atoms with E-state index in [4.69, 9.17) is 0 Å². The van der Waals surface area contributed by atoms with Crippen molar-refractivity contribution in [3.63, 3.8) is 0 Å². The largest absolute Gasteiger partial charge is 0.326 e. The lowest BCUT2D eigenvalue weighted by Gasteiger charge is -2.35. The minimum Gasteiger partial charge on any atom is -0.326 e. The molecule has 22 heavy (non-hydrogen) atoms. The average molecular weight is 294 g/mol. The highest BCUT2D eigenvalue weighted by atomic mass is 16.2. The van der Waals surface area contributed by atoms with Crippen LogP contribution in [-0.4, -0.2) is 35.5 Å². The highest BCUT2D eigenvalue weighted by Crippen LogP contribution is 2.14. The second-order valence-electron chi connectivity index (χ2n) is 5.97. The molecule has 0 bridgehead atoms. The summed E-state index contributed by atoms with van der Waals surface area (Å²) < 4.78 is 0. The van der Waals surface area contributed by atoms with E-state index in [1.54, 1.807) is 0 Å². The predicted molar refractivity (Wildman–Crippen MR) is 88.6 cm³/mol. The number of aryl methyl sites for hydroxylation is 1. The molecule has 1 saturated heterocycles. The maximum absolute atomic E-state index is 12.6. The van der Waals surface area contributed by atoms with E-state index in [2.05, 4.69) is 29.2 Å². The van der Waals surface area contributed by atoms with Crippen LogP contribution in [-0.2, 0) is 6.54 Å². The lowest BCUT2D eigenvalue weighted by Crippen LogP contribution is -2.47. The lowest BCUT2D eigenvalue weighted by molar-refractivity contribution is 0.0480. The molecule has 0 spiro atoms. The van der Waals surface area contributed by atoms with Crippen molar-refractivity contribution < 1.29 is 4.79 Å². The monoisotopic (exact) mass is 294 g/mol. The first-order valence-electron chi connectivity index (χ1n) is 7.84. The van der Waals surface area contributed by atoms with Crippen LogP contribution in [0.3, 0.4) is 0 Å². The summed E-state index contributed by atoms with van der Waals surface area (Å²) in [5, 5.41) is 0. The summed E-state index contributed by atoms with van der Waals surface area (Å²) in [6.45, 7) is 5.54. The average Bonchev–Trinajstić information content (AvgIpc) is 2.56. The van der Waals surface area contributed by atoms with E-state index in [0.717, 1.165) is 31.6 Å². The standard InChI is InChI=1S/C19H22N2O/c1-16-8-10-18(11-9-16)19(22)21-13-5-12-20(15-21)14-17-6-3-2-4-7-17/h2-4,6-11H,5,12-15H2,1H3. The van der Waals surface area contributed by atoms with Gasteiger partial charge in [0.25, 0.3) is 5.91 Å². The molecule has 2 aromatic rings. The van der Waals surface area contributed by atoms with E-state index in [0.29, 0.717) is 6.67 Å². The van der Waals surface area contributed by atoms with Crippen LogP contribution in [0.5, 0.6) is 0 Å². The van der Waals surface area contributed by atoms with Crippen LogP contribution in [0.25, 0.3) is 0 Å². The Labute approximate surface area is 132 Å². The van der Waals surface area contributed by atoms with Crippen molar-refractivity contribution in [1.29, 1.82) is 0 Å². The van der Waals surface area contributed by atoms with Gasteiger partial charge in [0.2, 0.25) is 0 Å². The normalized spacial score (nSPS) is 15.8. The molecule has 3 rings (SSSR count). The highest BCUT2D eigenvalue weighted by molar-refractivity contribution is 5.94. The van der Waals surface area contributed by atoms with Crippen molar-refractivity contribution in [2.75, 3.05) is 19.8 Å². The number of nitrogens with zero attached hydrogens (tertiary/aromatic N) is 2. The van der Waals surface area contributed by atoms with Gasteiger partial charge in [0.05, 0.1) is 6.67 Å². The van der Waals surface area contributed by atoms with Gasteiger partial charge in [-0.15, -0.1) is 0 Å². The van der Waals surface area contributed by atoms with Gasteiger partial charge in [0, 0.05) is 25.2 Å². The Morgan fingerprint density at radius 2 is 1.73 bits per heavy atom. The molecule has 1 amide bonds. The van der Waals surface area contributed by atoms with E-state index in [9.17, 15) is 4.79 Å². The Morgan fingerprint density at radius 1 is 1.00 bits per heavy atom. The minimum atomic E-state index is 0.137. The molecule has 0 unspecified atom stereocenters. The molecular weight excluding hydrogens is 272 g/mol. The van der Waals surface area contributed by atoms with Gasteiger partial charge in [-0.3, -0.25) is 9.69 Å². The van der Waals surface area contributed by atoms with Crippen molar-refractivity contribution in [1.82, 2.24) is 9.80 Å². The molecule has 1 heterocycles. The second kappa shape index (κ2) is 6.75. The Hall–Kier alpha value is -2.13. The topological polar surface area (TPSA) is 23.6 Å². The third-order valence-corrected chi connectivity index (χ3v) is 4.11. The molecule has 0 atom stereocenters. The summed E-state index contributed by atoms with van der Waals surface area (Å²) in [6.07, 6.45) is 1.03. The maximum Gasteiger partial charge on any atom is 0.254 e. The van der Waals surface area contributed by atoms with Gasteiger partial charge in [-0.25, -0.2) is 0 Å². The van der Waals surface area contributed by atoms with Gasteiger partial charge in [-0.1, -0.05) is 48.0 Å². The Kier molecular flexibility index (Phi) is 4.54. The summed E-state index contributed by atoms with van der Waals surface area (Å²) in [5.41, 5.74) is 3.26. The fraction of sp³-hybridized carbons (Fsp3) is 0.316. The van der Waals surface area contributed by atoms with Crippen LogP contribution in [0.2, 0.25) is 0 Å². The van der Waals surface area contributed by atoms with E-state index in [1.165, 1.54) is 11.1 Å². The molecule has 114 valence electrons. The smallest absolute Gasteiger partial charge is 0.254 e. The molecule has 0 N–H and O–H groups in total. The summed E-state index contributed by atoms with van der Waals surface area (Å²) in [5.74, 6) is 0.137. The number of carbonyl (C=O) groups excluding carboxylic acids is 1. The SMILES string of the molecule is Cc1ccc(C(=O)N2CCCN(Cc3ccccc3)C2)cc1. The van der Waals surface area contributed by atoms with E-state index < -0.39 is 0 Å². The fourth-order valence-electron chi connectivity index (χ4n) is 2.88. The first-order chi connectivity index (χ1) is 10.7. The van der Waals surface area contributed by atoms with Gasteiger partial charge >= 0.3 is 0 Å². The highest BCUT2D eigenvalue weighted by Gasteiger charge is 2.22. The predicted octanol–water partition coefficient (Wildman–Crippen LogP) is 3.30. The van der Waals surface area contributed by atoms with Crippen LogP contribution in [0, 0.1) is 6.92 Å². The molecule has 0 radical (unpaired) electrons. The zero-order valence-corrected chi connectivity index (χ0v) is 13.0. The molecule has 0 aromatic heterocycles. The molecule has 1 aliphatic heterocycles. The second-order valence-corrected chi connectivity index (χ2v) is 5.97. The van der Waals surface area contributed by atoms with Gasteiger partial charge in [0.1, 0.15) is 0 Å². The van der Waals surface area contributed by atoms with Crippen LogP contribution >= 0.6 is 0 Å². The molecule has 1 aliphatic rings. The number of benzene rings is 2. The molecule has 3 nitrogen and oxygen atoms in total. The van der Waals surface area contributed by atoms with Crippen molar-refractivity contribution in [2.24, 2.45) is 0 Å². The molecule has 0 aliphatic carbocycles. The molecule has 2 aromatic carbocycles. The Balaban J connectivity index is 1.65. The van der Waals surface area contributed by atoms with E-state index >= 15 is 0 Å². The number of carbonyl (C=O) groups is 1. The van der Waals surface area contributed by atoms with Crippen molar-refractivity contribution in [2.45, 2.75) is 19.9 Å². The lowest BCUT2D eigenvalue weighted by atomic mass is 10.1. The van der Waals surface area contributed by atoms with Crippen molar-refractivity contribution in [3.05, 3.63) is 71.3 Å². The van der Waals surface area contributed by atoms with E-state index in [1.807, 2.05) is 42.2 Å². The van der Waals surface area contributed by atoms with Gasteiger partial charge in [-0.2, -0.15) is 0 Å². The van der Waals surface area contributed by atoms with Gasteiger partial charge < -0.3 is 4.90 Å². The number of amides is 1. The summed E-state index contributed by atoms with van der Waals surface area (Å²) in [6, 6.07) is 18.3. The summed E-state index contributed by atoms with van der Waals surface area (Å²) in [4.78, 5) is 16.9. The van der Waals surface area contributed by atoms with Crippen LogP contribution in [0.15, 0.2) is 54.6 Å². The minimum absolute atomic E-state index is 0.137. The molecule has 0 saturated carbocycles. The fourth-order valence-corrected chi connectivity index (χ4v) is 2.88. The molecule has 1 fully saturated rings. The third kappa shape index (κ3) is 3.55. The molecule has 3 heteroatoms. The van der Waals surface area contributed by atoms with Crippen LogP contribution in [0.1, 0.15) is 27.9 Å². The quantitative estimate of drug-likeness (QED) is 0.867. The number of hydrogen-bond donors (Lipinski definition) is 0. The maximum atomic E-state index is 12.6. The van der Waals surface area contributed by atoms with Gasteiger partial charge in [-0.05, 0) is 31.0 Å². The van der Waals surface area contributed by atoms with Gasteiger partial charge in [0.15, 0.2) is 0 Å². The third-order valence-electron chi connectivity index (χ3n) is 4.11. The zero-order valence-electron chi connectivity index (χ0n) is 13.0. The Bertz CT molecular complexity index is 622. The number of rotatable bonds is 3. The summed E-state index contributed by atoms with van der Waals surface area (Å²) >= 11 is 0. The Morgan fingerprint density at radius 3 is 2.45 bits per heavy atom. The first-order valence-corrected chi connectivity index (χ1v) is 7.84. The summed E-state index contributed by atoms with van der Waals surface area (Å²) in [7, 11) is 0. The van der Waals surface area contributed by atoms with Crippen LogP contribution in [0.4, 0.5) is 0 Å². The molecular formula is C19H22N2O. The number of hydrogen-bond acceptors (Lipinski definition) is 2. The van der Waals surface area contributed by atoms with Crippen molar-refractivity contribution >= 4 is 5.91 Å². The first kappa shape index (κ1) is 14.8. The van der Waals surface area contributed by atoms with E-state index in [-0.39, 0.29) is 5.91 Å². The zero-order chi connectivity index (χ0) is 15.4.